The maximum absolute atomic E-state index is 4.06. The molecule has 0 radical (unpaired) electrons. The van der Waals surface area contributed by atoms with E-state index in [4.69, 9.17) is 0 Å². The van der Waals surface area contributed by atoms with Gasteiger partial charge in [0.2, 0.25) is 0 Å². The minimum Gasteiger partial charge on any atom is -0.316 e. The minimum atomic E-state index is 0. The van der Waals surface area contributed by atoms with Crippen molar-refractivity contribution in [2.75, 3.05) is 32.7 Å². The van der Waals surface area contributed by atoms with Gasteiger partial charge in [0.25, 0.3) is 0 Å². The molecule has 2 fully saturated rings. The Balaban J connectivity index is 0.00000133. The van der Waals surface area contributed by atoms with E-state index in [0.717, 1.165) is 0 Å². The van der Waals surface area contributed by atoms with Crippen LogP contribution >= 0.6 is 12.4 Å². The summed E-state index contributed by atoms with van der Waals surface area (Å²) in [5.74, 6) is 0.693. The minimum absolute atomic E-state index is 0. The van der Waals surface area contributed by atoms with Gasteiger partial charge in [0, 0.05) is 30.9 Å². The van der Waals surface area contributed by atoms with E-state index in [9.17, 15) is 0 Å². The molecule has 108 valence electrons. The maximum Gasteiger partial charge on any atom is 0.0490 e. The highest BCUT2D eigenvalue weighted by atomic mass is 35.5. The molecule has 19 heavy (non-hydrogen) atoms. The highest BCUT2D eigenvalue weighted by Gasteiger charge is 2.32. The van der Waals surface area contributed by atoms with E-state index in [-0.39, 0.29) is 12.4 Å². The summed E-state index contributed by atoms with van der Waals surface area (Å²) in [5.41, 5.74) is 1.82. The lowest BCUT2D eigenvalue weighted by atomic mass is 9.87. The van der Waals surface area contributed by atoms with Crippen molar-refractivity contribution in [1.29, 1.82) is 0 Å². The van der Waals surface area contributed by atoms with Gasteiger partial charge in [-0.05, 0) is 50.4 Å². The Bertz CT molecular complexity index is 365. The molecule has 2 aliphatic heterocycles. The third kappa shape index (κ3) is 3.50. The van der Waals surface area contributed by atoms with E-state index < -0.39 is 0 Å². The average Bonchev–Trinajstić information content (AvgIpc) is 3.02. The van der Waals surface area contributed by atoms with Crippen LogP contribution in [0.4, 0.5) is 0 Å². The second-order valence-electron chi connectivity index (χ2n) is 6.30. The summed E-state index contributed by atoms with van der Waals surface area (Å²) in [4.78, 5) is 2.65. The summed E-state index contributed by atoms with van der Waals surface area (Å²) in [6, 6.07) is 2.13. The lowest BCUT2D eigenvalue weighted by Gasteiger charge is -2.36. The molecule has 1 aromatic heterocycles. The van der Waals surface area contributed by atoms with Crippen LogP contribution in [0, 0.1) is 5.41 Å². The molecule has 0 aliphatic carbocycles. The molecule has 1 atom stereocenters. The van der Waals surface area contributed by atoms with Crippen LogP contribution in [0.5, 0.6) is 0 Å². The molecular formula is C14H25ClN4. The molecule has 1 aromatic rings. The van der Waals surface area contributed by atoms with Crippen LogP contribution in [0.2, 0.25) is 0 Å². The number of piperidine rings is 1. The Kier molecular flexibility index (Phi) is 4.87. The van der Waals surface area contributed by atoms with Crippen LogP contribution < -0.4 is 5.32 Å². The van der Waals surface area contributed by atoms with Gasteiger partial charge in [0.05, 0.1) is 0 Å². The Morgan fingerprint density at radius 2 is 2.21 bits per heavy atom. The van der Waals surface area contributed by atoms with Gasteiger partial charge in [-0.3, -0.25) is 5.10 Å². The molecule has 2 saturated heterocycles. The van der Waals surface area contributed by atoms with Crippen molar-refractivity contribution in [3.63, 3.8) is 0 Å². The predicted octanol–water partition coefficient (Wildman–Crippen LogP) is 2.01. The molecule has 3 heterocycles. The van der Waals surface area contributed by atoms with Gasteiger partial charge >= 0.3 is 0 Å². The van der Waals surface area contributed by atoms with Gasteiger partial charge in [-0.1, -0.05) is 6.92 Å². The van der Waals surface area contributed by atoms with Crippen molar-refractivity contribution in [3.8, 4) is 0 Å². The van der Waals surface area contributed by atoms with Gasteiger partial charge in [-0.2, -0.15) is 5.10 Å². The largest absolute Gasteiger partial charge is 0.316 e. The number of aromatic amines is 1. The highest BCUT2D eigenvalue weighted by Crippen LogP contribution is 2.30. The first-order valence-electron chi connectivity index (χ1n) is 7.18. The molecule has 0 aromatic carbocycles. The van der Waals surface area contributed by atoms with Crippen LogP contribution in [-0.2, 0) is 0 Å². The Labute approximate surface area is 121 Å². The fourth-order valence-corrected chi connectivity index (χ4v) is 3.44. The van der Waals surface area contributed by atoms with Crippen molar-refractivity contribution in [2.45, 2.75) is 32.1 Å². The molecule has 4 nitrogen and oxygen atoms in total. The van der Waals surface area contributed by atoms with E-state index in [0.29, 0.717) is 11.3 Å². The first kappa shape index (κ1) is 14.8. The van der Waals surface area contributed by atoms with Crippen LogP contribution in [-0.4, -0.2) is 47.8 Å². The third-order valence-corrected chi connectivity index (χ3v) is 4.61. The third-order valence-electron chi connectivity index (χ3n) is 4.61. The molecule has 2 N–H and O–H groups in total. The van der Waals surface area contributed by atoms with Crippen molar-refractivity contribution in [2.24, 2.45) is 5.41 Å². The van der Waals surface area contributed by atoms with Crippen LogP contribution in [0.25, 0.3) is 0 Å². The van der Waals surface area contributed by atoms with Crippen LogP contribution in [0.1, 0.15) is 37.8 Å². The summed E-state index contributed by atoms with van der Waals surface area (Å²) in [6.45, 7) is 8.54. The topological polar surface area (TPSA) is 44.0 Å². The van der Waals surface area contributed by atoms with Gasteiger partial charge in [-0.15, -0.1) is 12.4 Å². The van der Waals surface area contributed by atoms with Gasteiger partial charge < -0.3 is 10.2 Å². The molecule has 0 spiro atoms. The summed E-state index contributed by atoms with van der Waals surface area (Å²) in [7, 11) is 0. The van der Waals surface area contributed by atoms with E-state index in [2.05, 4.69) is 33.4 Å². The number of likely N-dealkylation sites (tertiary alicyclic amines) is 1. The van der Waals surface area contributed by atoms with Gasteiger partial charge in [-0.25, -0.2) is 0 Å². The van der Waals surface area contributed by atoms with Gasteiger partial charge in [0.1, 0.15) is 0 Å². The second-order valence-corrected chi connectivity index (χ2v) is 6.30. The number of hydrogen-bond donors (Lipinski definition) is 2. The quantitative estimate of drug-likeness (QED) is 0.892. The van der Waals surface area contributed by atoms with E-state index in [1.165, 1.54) is 57.7 Å². The van der Waals surface area contributed by atoms with E-state index in [1.807, 2.05) is 6.20 Å². The number of halogens is 1. The standard InChI is InChI=1S/C14H24N4.ClH/c1-14(5-7-15-10-14)11-18-8-3-12(4-9-18)13-2-6-16-17-13;/h2,6,12,15H,3-5,7-11H2,1H3,(H,16,17);1H. The number of hydrogen-bond acceptors (Lipinski definition) is 3. The summed E-state index contributed by atoms with van der Waals surface area (Å²) >= 11 is 0. The maximum atomic E-state index is 4.06. The number of aromatic nitrogens is 2. The first-order valence-corrected chi connectivity index (χ1v) is 7.18. The second kappa shape index (κ2) is 6.25. The van der Waals surface area contributed by atoms with Crippen molar-refractivity contribution in [1.82, 2.24) is 20.4 Å². The Hall–Kier alpha value is -0.580. The molecule has 5 heteroatoms. The Morgan fingerprint density at radius 1 is 1.42 bits per heavy atom. The molecule has 0 amide bonds. The number of nitrogens with zero attached hydrogens (tertiary/aromatic N) is 2. The number of H-pyrrole nitrogens is 1. The van der Waals surface area contributed by atoms with Crippen molar-refractivity contribution < 1.29 is 0 Å². The summed E-state index contributed by atoms with van der Waals surface area (Å²) < 4.78 is 0. The normalized spacial score (nSPS) is 29.3. The fourth-order valence-electron chi connectivity index (χ4n) is 3.44. The number of rotatable bonds is 3. The molecule has 0 saturated carbocycles. The molecular weight excluding hydrogens is 260 g/mol. The zero-order valence-corrected chi connectivity index (χ0v) is 12.5. The molecule has 3 rings (SSSR count). The lowest BCUT2D eigenvalue weighted by Crippen LogP contribution is -2.41. The van der Waals surface area contributed by atoms with Crippen molar-refractivity contribution in [3.05, 3.63) is 18.0 Å². The first-order chi connectivity index (χ1) is 8.75. The monoisotopic (exact) mass is 284 g/mol. The molecule has 0 bridgehead atoms. The zero-order chi connectivity index (χ0) is 12.4. The Morgan fingerprint density at radius 3 is 2.79 bits per heavy atom. The van der Waals surface area contributed by atoms with Crippen LogP contribution in [0.15, 0.2) is 12.3 Å². The van der Waals surface area contributed by atoms with Crippen LogP contribution in [0.3, 0.4) is 0 Å². The lowest BCUT2D eigenvalue weighted by molar-refractivity contribution is 0.143. The van der Waals surface area contributed by atoms with E-state index >= 15 is 0 Å². The smallest absolute Gasteiger partial charge is 0.0490 e. The fraction of sp³-hybridized carbons (Fsp3) is 0.786. The van der Waals surface area contributed by atoms with E-state index in [1.54, 1.807) is 0 Å². The summed E-state index contributed by atoms with van der Waals surface area (Å²) in [5, 5.41) is 10.7. The highest BCUT2D eigenvalue weighted by molar-refractivity contribution is 5.85. The predicted molar refractivity (Wildman–Crippen MR) is 79.8 cm³/mol. The van der Waals surface area contributed by atoms with Crippen molar-refractivity contribution >= 4 is 12.4 Å². The SMILES string of the molecule is CC1(CN2CCC(c3ccn[nH]3)CC2)CCNC1.Cl. The molecule has 2 aliphatic rings. The summed E-state index contributed by atoms with van der Waals surface area (Å²) in [6.07, 6.45) is 5.73. The van der Waals surface area contributed by atoms with Gasteiger partial charge in [0.15, 0.2) is 0 Å². The zero-order valence-electron chi connectivity index (χ0n) is 11.7. The molecule has 1 unspecified atom stereocenters. The number of nitrogens with one attached hydrogen (secondary N) is 2. The average molecular weight is 285 g/mol.